The van der Waals surface area contributed by atoms with Crippen LogP contribution in [0.15, 0.2) is 30.0 Å². The van der Waals surface area contributed by atoms with Crippen LogP contribution in [0.3, 0.4) is 0 Å². The van der Waals surface area contributed by atoms with E-state index in [4.69, 9.17) is 4.74 Å². The molecule has 0 spiro atoms. The second-order valence-electron chi connectivity index (χ2n) is 5.75. The lowest BCUT2D eigenvalue weighted by Crippen LogP contribution is -2.43. The number of amides is 1. The van der Waals surface area contributed by atoms with E-state index in [1.807, 2.05) is 13.8 Å². The molecule has 1 aliphatic rings. The Morgan fingerprint density at radius 2 is 2.13 bits per heavy atom. The standard InChI is InChI=1S/C16H18FNO5/c1-9(2)6-11(16(21)22)18-8-10(7-14(18)20)23-13-5-3-4-12(19)15(13)17/h3-5,7,9,11,19H,6,8H2,1-2H3,(H,21,22)/t11-/m0/s1. The van der Waals surface area contributed by atoms with Crippen LogP contribution in [0.4, 0.5) is 4.39 Å². The van der Waals surface area contributed by atoms with Crippen LogP contribution < -0.4 is 4.74 Å². The fourth-order valence-corrected chi connectivity index (χ4v) is 2.36. The average molecular weight is 323 g/mol. The molecule has 0 aromatic heterocycles. The van der Waals surface area contributed by atoms with Crippen LogP contribution in [-0.4, -0.2) is 39.6 Å². The Kier molecular flexibility index (Phi) is 4.88. The van der Waals surface area contributed by atoms with Crippen LogP contribution in [0, 0.1) is 11.7 Å². The van der Waals surface area contributed by atoms with E-state index in [9.17, 15) is 24.2 Å². The number of aromatic hydroxyl groups is 1. The number of phenols is 1. The number of hydrogen-bond donors (Lipinski definition) is 2. The molecule has 2 N–H and O–H groups in total. The van der Waals surface area contributed by atoms with Gasteiger partial charge in [0.05, 0.1) is 6.54 Å². The highest BCUT2D eigenvalue weighted by Crippen LogP contribution is 2.28. The van der Waals surface area contributed by atoms with Crippen LogP contribution >= 0.6 is 0 Å². The Hall–Kier alpha value is -2.57. The normalized spacial score (nSPS) is 15.7. The summed E-state index contributed by atoms with van der Waals surface area (Å²) >= 11 is 0. The molecule has 0 bridgehead atoms. The third-order valence-electron chi connectivity index (χ3n) is 3.43. The van der Waals surface area contributed by atoms with Gasteiger partial charge in [0.2, 0.25) is 5.82 Å². The fourth-order valence-electron chi connectivity index (χ4n) is 2.36. The predicted molar refractivity (Wildman–Crippen MR) is 79.4 cm³/mol. The van der Waals surface area contributed by atoms with Crippen molar-refractivity contribution in [3.8, 4) is 11.5 Å². The third kappa shape index (κ3) is 3.80. The molecule has 6 nitrogen and oxygen atoms in total. The Balaban J connectivity index is 2.13. The summed E-state index contributed by atoms with van der Waals surface area (Å²) in [5.74, 6) is -3.07. The van der Waals surface area contributed by atoms with Crippen molar-refractivity contribution < 1.29 is 28.9 Å². The van der Waals surface area contributed by atoms with E-state index in [1.165, 1.54) is 23.1 Å². The highest BCUT2D eigenvalue weighted by Gasteiger charge is 2.34. The van der Waals surface area contributed by atoms with Gasteiger partial charge in [-0.1, -0.05) is 19.9 Å². The van der Waals surface area contributed by atoms with E-state index in [1.54, 1.807) is 0 Å². The minimum absolute atomic E-state index is 0.0579. The molecule has 1 aliphatic heterocycles. The van der Waals surface area contributed by atoms with Gasteiger partial charge in [0.15, 0.2) is 11.5 Å². The van der Waals surface area contributed by atoms with Crippen LogP contribution in [-0.2, 0) is 9.59 Å². The van der Waals surface area contributed by atoms with E-state index in [2.05, 4.69) is 0 Å². The zero-order valence-electron chi connectivity index (χ0n) is 12.8. The third-order valence-corrected chi connectivity index (χ3v) is 3.43. The lowest BCUT2D eigenvalue weighted by molar-refractivity contribution is -0.148. The zero-order chi connectivity index (χ0) is 17.1. The highest BCUT2D eigenvalue weighted by molar-refractivity contribution is 5.94. The maximum atomic E-state index is 13.7. The number of benzene rings is 1. The summed E-state index contributed by atoms with van der Waals surface area (Å²) in [7, 11) is 0. The molecule has 1 aromatic rings. The van der Waals surface area contributed by atoms with Gasteiger partial charge in [-0.3, -0.25) is 4.79 Å². The lowest BCUT2D eigenvalue weighted by atomic mass is 10.0. The molecule has 1 heterocycles. The molecule has 23 heavy (non-hydrogen) atoms. The summed E-state index contributed by atoms with van der Waals surface area (Å²) in [6, 6.07) is 2.92. The molecule has 124 valence electrons. The van der Waals surface area contributed by atoms with Gasteiger partial charge in [-0.2, -0.15) is 4.39 Å². The number of carboxylic acid groups (broad SMARTS) is 1. The monoisotopic (exact) mass is 323 g/mol. The van der Waals surface area contributed by atoms with E-state index >= 15 is 0 Å². The van der Waals surface area contributed by atoms with Crippen molar-refractivity contribution in [2.75, 3.05) is 6.54 Å². The van der Waals surface area contributed by atoms with Crippen LogP contribution in [0.25, 0.3) is 0 Å². The number of carbonyl (C=O) groups is 2. The first-order valence-corrected chi connectivity index (χ1v) is 7.19. The van der Waals surface area contributed by atoms with Gasteiger partial charge in [0.1, 0.15) is 11.8 Å². The highest BCUT2D eigenvalue weighted by atomic mass is 19.1. The number of nitrogens with zero attached hydrogens (tertiary/aromatic N) is 1. The Morgan fingerprint density at radius 3 is 2.74 bits per heavy atom. The number of phenolic OH excluding ortho intramolecular Hbond substituents is 1. The molecule has 2 rings (SSSR count). The summed E-state index contributed by atoms with van der Waals surface area (Å²) in [5.41, 5.74) is 0. The molecule has 0 fully saturated rings. The first kappa shape index (κ1) is 16.8. The molecule has 0 saturated carbocycles. The van der Waals surface area contributed by atoms with Crippen molar-refractivity contribution in [2.45, 2.75) is 26.3 Å². The molecular weight excluding hydrogens is 305 g/mol. The summed E-state index contributed by atoms with van der Waals surface area (Å²) in [6.07, 6.45) is 1.45. The molecule has 1 atom stereocenters. The second-order valence-corrected chi connectivity index (χ2v) is 5.75. The lowest BCUT2D eigenvalue weighted by Gasteiger charge is -2.25. The molecule has 1 amide bonds. The van der Waals surface area contributed by atoms with E-state index in [-0.39, 0.29) is 24.0 Å². The Morgan fingerprint density at radius 1 is 1.43 bits per heavy atom. The van der Waals surface area contributed by atoms with Crippen molar-refractivity contribution >= 4 is 11.9 Å². The summed E-state index contributed by atoms with van der Waals surface area (Å²) in [4.78, 5) is 24.6. The Labute approximate surface area is 132 Å². The first-order chi connectivity index (χ1) is 10.8. The zero-order valence-corrected chi connectivity index (χ0v) is 12.8. The minimum Gasteiger partial charge on any atom is -0.505 e. The Bertz CT molecular complexity index is 656. The number of carboxylic acids is 1. The second kappa shape index (κ2) is 6.68. The van der Waals surface area contributed by atoms with E-state index < -0.39 is 29.5 Å². The summed E-state index contributed by atoms with van der Waals surface area (Å²) in [5, 5.41) is 18.6. The van der Waals surface area contributed by atoms with Crippen molar-refractivity contribution in [1.82, 2.24) is 4.90 Å². The number of ether oxygens (including phenoxy) is 1. The molecule has 0 aliphatic carbocycles. The topological polar surface area (TPSA) is 87.1 Å². The number of aliphatic carboxylic acids is 1. The maximum absolute atomic E-state index is 13.7. The minimum atomic E-state index is -1.09. The number of halogens is 1. The van der Waals surface area contributed by atoms with Crippen LogP contribution in [0.2, 0.25) is 0 Å². The molecule has 0 radical (unpaired) electrons. The molecule has 0 saturated heterocycles. The molecule has 0 unspecified atom stereocenters. The SMILES string of the molecule is CC(C)C[C@@H](C(=O)O)N1CC(Oc2cccc(O)c2F)=CC1=O. The smallest absolute Gasteiger partial charge is 0.326 e. The van der Waals surface area contributed by atoms with Gasteiger partial charge in [-0.25, -0.2) is 4.79 Å². The van der Waals surface area contributed by atoms with Gasteiger partial charge in [-0.05, 0) is 24.5 Å². The van der Waals surface area contributed by atoms with E-state index in [0.717, 1.165) is 6.08 Å². The first-order valence-electron chi connectivity index (χ1n) is 7.19. The van der Waals surface area contributed by atoms with Crippen molar-refractivity contribution in [3.05, 3.63) is 35.9 Å². The van der Waals surface area contributed by atoms with E-state index in [0.29, 0.717) is 6.42 Å². The number of hydrogen-bond acceptors (Lipinski definition) is 4. The summed E-state index contributed by atoms with van der Waals surface area (Å²) < 4.78 is 19.0. The van der Waals surface area contributed by atoms with Gasteiger partial charge in [-0.15, -0.1) is 0 Å². The van der Waals surface area contributed by atoms with Gasteiger partial charge in [0, 0.05) is 6.08 Å². The van der Waals surface area contributed by atoms with Crippen molar-refractivity contribution in [1.29, 1.82) is 0 Å². The number of rotatable bonds is 6. The van der Waals surface area contributed by atoms with Crippen molar-refractivity contribution in [2.24, 2.45) is 5.92 Å². The predicted octanol–water partition coefficient (Wildman–Crippen LogP) is 2.14. The number of carbonyl (C=O) groups excluding carboxylic acids is 1. The van der Waals surface area contributed by atoms with Gasteiger partial charge in [0.25, 0.3) is 5.91 Å². The van der Waals surface area contributed by atoms with Crippen LogP contribution in [0.1, 0.15) is 20.3 Å². The molecule has 1 aromatic carbocycles. The van der Waals surface area contributed by atoms with Crippen molar-refractivity contribution in [3.63, 3.8) is 0 Å². The molecular formula is C16H18FNO5. The quantitative estimate of drug-likeness (QED) is 0.837. The largest absolute Gasteiger partial charge is 0.505 e. The fraction of sp³-hybridized carbons (Fsp3) is 0.375. The average Bonchev–Trinajstić information content (AvgIpc) is 2.81. The summed E-state index contributed by atoms with van der Waals surface area (Å²) in [6.45, 7) is 3.67. The van der Waals surface area contributed by atoms with Gasteiger partial charge >= 0.3 is 5.97 Å². The van der Waals surface area contributed by atoms with Gasteiger partial charge < -0.3 is 19.8 Å². The molecule has 7 heteroatoms. The maximum Gasteiger partial charge on any atom is 0.326 e. The van der Waals surface area contributed by atoms with Crippen LogP contribution in [0.5, 0.6) is 11.5 Å².